The standard InChI is InChI=1S/C34H33N7O17S3/c1-3-41-29(45)10-17(2)31(34(41)47)39-35-19-4-5-21(27(13-19)60(51,52)53)36-37-22-15-26(58-9-7-43)23(16-25(22)57-8-6-42)38-40-32-28(61(54,55)56)12-18-11-20(59(48,49)50)14-24(44)30(18)33(32)46/h4-5,10-16,42-44,46-47H,3,6-9H2,1-2H3,(H,48,49,50)(H,51,52,53)(H,54,55,56). The molecule has 0 unspecified atom stereocenters. The summed E-state index contributed by atoms with van der Waals surface area (Å²) in [5, 5.41) is 73.4. The topological polar surface area (TPSA) is 379 Å². The molecule has 0 radical (unpaired) electrons. The molecule has 0 aliphatic rings. The van der Waals surface area contributed by atoms with Crippen molar-refractivity contribution in [2.75, 3.05) is 26.4 Å². The fourth-order valence-electron chi connectivity index (χ4n) is 5.46. The molecule has 0 amide bonds. The van der Waals surface area contributed by atoms with Gasteiger partial charge in [0.2, 0.25) is 5.88 Å². The van der Waals surface area contributed by atoms with Crippen molar-refractivity contribution in [1.82, 2.24) is 4.57 Å². The molecule has 0 saturated heterocycles. The molecule has 0 fully saturated rings. The van der Waals surface area contributed by atoms with Gasteiger partial charge in [-0.1, -0.05) is 0 Å². The molecule has 24 nitrogen and oxygen atoms in total. The summed E-state index contributed by atoms with van der Waals surface area (Å²) in [6.45, 7) is 1.30. The lowest BCUT2D eigenvalue weighted by atomic mass is 10.1. The zero-order chi connectivity index (χ0) is 45.0. The predicted octanol–water partition coefficient (Wildman–Crippen LogP) is 5.18. The van der Waals surface area contributed by atoms with Crippen LogP contribution in [0.3, 0.4) is 0 Å². The maximum Gasteiger partial charge on any atom is 0.296 e. The molecule has 1 aromatic heterocycles. The highest BCUT2D eigenvalue weighted by Crippen LogP contribution is 2.47. The van der Waals surface area contributed by atoms with Crippen molar-refractivity contribution >= 4 is 75.3 Å². The molecule has 324 valence electrons. The first-order chi connectivity index (χ1) is 28.6. The number of azo groups is 3. The largest absolute Gasteiger partial charge is 0.507 e. The Morgan fingerprint density at radius 2 is 1.20 bits per heavy atom. The molecule has 61 heavy (non-hydrogen) atoms. The highest BCUT2D eigenvalue weighted by Gasteiger charge is 2.26. The number of phenols is 2. The molecule has 0 bridgehead atoms. The summed E-state index contributed by atoms with van der Waals surface area (Å²) in [5.74, 6) is -3.12. The first-order valence-electron chi connectivity index (χ1n) is 17.0. The molecule has 0 spiro atoms. The Labute approximate surface area is 344 Å². The molecule has 0 aliphatic heterocycles. The highest BCUT2D eigenvalue weighted by atomic mass is 32.2. The van der Waals surface area contributed by atoms with Crippen LogP contribution in [0.2, 0.25) is 0 Å². The molecule has 0 aliphatic carbocycles. The minimum atomic E-state index is -5.28. The quantitative estimate of drug-likeness (QED) is 0.0467. The maximum atomic E-state index is 12.5. The van der Waals surface area contributed by atoms with E-state index in [1.165, 1.54) is 19.1 Å². The lowest BCUT2D eigenvalue weighted by Crippen LogP contribution is -2.18. The van der Waals surface area contributed by atoms with Crippen molar-refractivity contribution in [1.29, 1.82) is 0 Å². The summed E-state index contributed by atoms with van der Waals surface area (Å²) in [5.41, 5.74) is -2.49. The Morgan fingerprint density at radius 3 is 1.74 bits per heavy atom. The number of aromatic nitrogens is 1. The second kappa shape index (κ2) is 18.0. The van der Waals surface area contributed by atoms with Gasteiger partial charge in [0, 0.05) is 30.8 Å². The third kappa shape index (κ3) is 10.3. The van der Waals surface area contributed by atoms with Crippen LogP contribution in [0.15, 0.2) is 105 Å². The Kier molecular flexibility index (Phi) is 13.5. The summed E-state index contributed by atoms with van der Waals surface area (Å²) < 4.78 is 115. The average Bonchev–Trinajstić information content (AvgIpc) is 3.17. The van der Waals surface area contributed by atoms with Gasteiger partial charge in [0.25, 0.3) is 35.9 Å². The van der Waals surface area contributed by atoms with Crippen LogP contribution in [0, 0.1) is 6.92 Å². The van der Waals surface area contributed by atoms with Crippen LogP contribution in [0.5, 0.6) is 28.9 Å². The van der Waals surface area contributed by atoms with Gasteiger partial charge in [0.1, 0.15) is 68.7 Å². The van der Waals surface area contributed by atoms with Gasteiger partial charge in [0.05, 0.1) is 29.2 Å². The fraction of sp³-hybridized carbons (Fsp3) is 0.206. The Hall–Kier alpha value is -6.46. The lowest BCUT2D eigenvalue weighted by Gasteiger charge is -2.13. The zero-order valence-electron chi connectivity index (χ0n) is 31.3. The van der Waals surface area contributed by atoms with E-state index in [2.05, 4.69) is 30.7 Å². The first kappa shape index (κ1) is 45.6. The monoisotopic (exact) mass is 907 g/mol. The Morgan fingerprint density at radius 1 is 0.639 bits per heavy atom. The number of rotatable bonds is 16. The zero-order valence-corrected chi connectivity index (χ0v) is 33.8. The van der Waals surface area contributed by atoms with E-state index in [-0.39, 0.29) is 53.0 Å². The highest BCUT2D eigenvalue weighted by molar-refractivity contribution is 7.86. The first-order valence-corrected chi connectivity index (χ1v) is 21.3. The Balaban J connectivity index is 1.62. The number of hydrogen-bond acceptors (Lipinski definition) is 20. The predicted molar refractivity (Wildman–Crippen MR) is 210 cm³/mol. The third-order valence-corrected chi connectivity index (χ3v) is 10.8. The van der Waals surface area contributed by atoms with Crippen molar-refractivity contribution in [3.05, 3.63) is 70.5 Å². The van der Waals surface area contributed by atoms with E-state index in [0.29, 0.717) is 18.2 Å². The smallest absolute Gasteiger partial charge is 0.296 e. The van der Waals surface area contributed by atoms with Crippen molar-refractivity contribution in [2.24, 2.45) is 30.7 Å². The van der Waals surface area contributed by atoms with Gasteiger partial charge in [-0.15, -0.1) is 25.6 Å². The van der Waals surface area contributed by atoms with E-state index in [9.17, 15) is 69.2 Å². The van der Waals surface area contributed by atoms with Crippen LogP contribution < -0.4 is 15.0 Å². The lowest BCUT2D eigenvalue weighted by molar-refractivity contribution is 0.198. The average molecular weight is 908 g/mol. The third-order valence-electron chi connectivity index (χ3n) is 8.19. The number of aromatic hydroxyl groups is 3. The van der Waals surface area contributed by atoms with Gasteiger partial charge in [0.15, 0.2) is 5.75 Å². The fourth-order valence-corrected chi connectivity index (χ4v) is 7.30. The SMILES string of the molecule is CCn1c(O)c(N=Nc2ccc(N=Nc3cc(OCCO)c(N=Nc4c(S(=O)(=O)O)cc5cc(S(=O)(=O)O)cc(O)c5c4O)cc3OCCO)c(S(=O)(=O)O)c2)c(C)cc1=O. The Bertz CT molecular complexity index is 3040. The summed E-state index contributed by atoms with van der Waals surface area (Å²) >= 11 is 0. The number of aliphatic hydroxyl groups is 2. The van der Waals surface area contributed by atoms with Crippen molar-refractivity contribution in [3.63, 3.8) is 0 Å². The van der Waals surface area contributed by atoms with E-state index in [1.54, 1.807) is 6.92 Å². The van der Waals surface area contributed by atoms with Crippen LogP contribution in [-0.2, 0) is 36.9 Å². The number of pyridine rings is 1. The summed E-state index contributed by atoms with van der Waals surface area (Å²) in [7, 11) is -15.3. The van der Waals surface area contributed by atoms with Crippen molar-refractivity contribution in [2.45, 2.75) is 35.1 Å². The molecule has 5 aromatic rings. The number of hydrogen-bond donors (Lipinski definition) is 8. The number of aryl methyl sites for hydroxylation is 1. The second-order valence-electron chi connectivity index (χ2n) is 12.3. The van der Waals surface area contributed by atoms with Crippen LogP contribution >= 0.6 is 0 Å². The minimum Gasteiger partial charge on any atom is -0.507 e. The number of ether oxygens (including phenoxy) is 2. The van der Waals surface area contributed by atoms with Gasteiger partial charge in [-0.05, 0) is 55.1 Å². The van der Waals surface area contributed by atoms with Gasteiger partial charge in [-0.2, -0.15) is 30.4 Å². The van der Waals surface area contributed by atoms with Gasteiger partial charge < -0.3 is 35.0 Å². The van der Waals surface area contributed by atoms with E-state index in [1.807, 2.05) is 0 Å². The molecule has 4 aromatic carbocycles. The number of fused-ring (bicyclic) bond motifs is 1. The molecule has 8 N–H and O–H groups in total. The summed E-state index contributed by atoms with van der Waals surface area (Å²) in [4.78, 5) is 9.33. The van der Waals surface area contributed by atoms with E-state index in [4.69, 9.17) is 9.47 Å². The summed E-state index contributed by atoms with van der Waals surface area (Å²) in [6, 6.07) is 8.42. The summed E-state index contributed by atoms with van der Waals surface area (Å²) in [6.07, 6.45) is 0. The number of aliphatic hydroxyl groups excluding tert-OH is 2. The van der Waals surface area contributed by atoms with E-state index in [0.717, 1.165) is 28.8 Å². The van der Waals surface area contributed by atoms with Crippen molar-refractivity contribution in [3.8, 4) is 28.9 Å². The van der Waals surface area contributed by atoms with E-state index >= 15 is 0 Å². The normalized spacial score (nSPS) is 12.6. The number of nitrogens with zero attached hydrogens (tertiary/aromatic N) is 7. The van der Waals surface area contributed by atoms with Crippen LogP contribution in [0.25, 0.3) is 10.8 Å². The van der Waals surface area contributed by atoms with Crippen LogP contribution in [0.4, 0.5) is 34.1 Å². The van der Waals surface area contributed by atoms with Gasteiger partial charge in [-0.25, -0.2) is 0 Å². The van der Waals surface area contributed by atoms with Crippen molar-refractivity contribution < 1.29 is 73.9 Å². The minimum absolute atomic E-state index is 0.0830. The molecule has 5 rings (SSSR count). The van der Waals surface area contributed by atoms with Gasteiger partial charge >= 0.3 is 0 Å². The van der Waals surface area contributed by atoms with Gasteiger partial charge in [-0.3, -0.25) is 23.0 Å². The molecular formula is C34H33N7O17S3. The molecule has 27 heteroatoms. The molecule has 1 heterocycles. The molecule has 0 saturated carbocycles. The second-order valence-corrected chi connectivity index (χ2v) is 16.5. The van der Waals surface area contributed by atoms with E-state index < -0.39 is 110 Å². The molecule has 0 atom stereocenters. The molecular weight excluding hydrogens is 875 g/mol. The number of benzene rings is 4. The maximum absolute atomic E-state index is 12.5. The number of phenolic OH excluding ortho intramolecular Hbond substituents is 2. The van der Waals surface area contributed by atoms with Crippen LogP contribution in [0.1, 0.15) is 12.5 Å². The van der Waals surface area contributed by atoms with Crippen LogP contribution in [-0.4, -0.2) is 95.4 Å².